The van der Waals surface area contributed by atoms with Crippen molar-refractivity contribution in [2.24, 2.45) is 5.92 Å². The molecule has 0 spiro atoms. The first-order valence-corrected chi connectivity index (χ1v) is 7.59. The summed E-state index contributed by atoms with van der Waals surface area (Å²) in [7, 11) is 1.30. The largest absolute Gasteiger partial charge is 0.480 e. The van der Waals surface area contributed by atoms with E-state index >= 15 is 0 Å². The van der Waals surface area contributed by atoms with Crippen LogP contribution in [-0.4, -0.2) is 24.2 Å². The first-order valence-electron chi connectivity index (χ1n) is 7.59. The van der Waals surface area contributed by atoms with Crippen LogP contribution in [0.4, 0.5) is 0 Å². The maximum Gasteiger partial charge on any atom is 0.319 e. The van der Waals surface area contributed by atoms with Crippen molar-refractivity contribution in [2.45, 2.75) is 18.8 Å². The summed E-state index contributed by atoms with van der Waals surface area (Å²) < 4.78 is 4.92. The van der Waals surface area contributed by atoms with Crippen molar-refractivity contribution in [3.05, 3.63) is 59.7 Å². The Bertz CT molecular complexity index is 733. The number of aliphatic carboxylic acids is 1. The van der Waals surface area contributed by atoms with Gasteiger partial charge in [-0.05, 0) is 28.7 Å². The predicted molar refractivity (Wildman–Crippen MR) is 86.1 cm³/mol. The third-order valence-corrected chi connectivity index (χ3v) is 4.75. The van der Waals surface area contributed by atoms with Crippen LogP contribution in [0.25, 0.3) is 11.1 Å². The van der Waals surface area contributed by atoms with Gasteiger partial charge in [-0.15, -0.1) is 0 Å². The van der Waals surface area contributed by atoms with Crippen LogP contribution in [0.1, 0.15) is 24.5 Å². The lowest BCUT2D eigenvalue weighted by Crippen LogP contribution is -2.46. The number of esters is 1. The minimum Gasteiger partial charge on any atom is -0.480 e. The van der Waals surface area contributed by atoms with Crippen molar-refractivity contribution >= 4 is 11.9 Å². The summed E-state index contributed by atoms with van der Waals surface area (Å²) in [6, 6.07) is 14.8. The SMILES string of the molecule is CCC(C(=O)OC)C1(C(=O)O)c2ccccc2-c2ccccc21. The Hall–Kier alpha value is -2.62. The van der Waals surface area contributed by atoms with Crippen molar-refractivity contribution < 1.29 is 19.4 Å². The Kier molecular flexibility index (Phi) is 3.68. The van der Waals surface area contributed by atoms with E-state index in [4.69, 9.17) is 4.74 Å². The second-order valence-electron chi connectivity index (χ2n) is 5.69. The Morgan fingerprint density at radius 2 is 1.52 bits per heavy atom. The number of fused-ring (bicyclic) bond motifs is 3. The second kappa shape index (κ2) is 5.54. The molecule has 1 atom stereocenters. The highest BCUT2D eigenvalue weighted by Crippen LogP contribution is 2.53. The van der Waals surface area contributed by atoms with E-state index in [1.165, 1.54) is 7.11 Å². The molecule has 0 saturated heterocycles. The monoisotopic (exact) mass is 310 g/mol. The van der Waals surface area contributed by atoms with Crippen LogP contribution in [0.15, 0.2) is 48.5 Å². The van der Waals surface area contributed by atoms with E-state index in [0.29, 0.717) is 17.5 Å². The molecule has 0 bridgehead atoms. The maximum atomic E-state index is 12.5. The van der Waals surface area contributed by atoms with Crippen molar-refractivity contribution in [1.29, 1.82) is 0 Å². The summed E-state index contributed by atoms with van der Waals surface area (Å²) >= 11 is 0. The number of carbonyl (C=O) groups excluding carboxylic acids is 1. The molecule has 0 amide bonds. The number of carboxylic acid groups (broad SMARTS) is 1. The van der Waals surface area contributed by atoms with Gasteiger partial charge in [0.05, 0.1) is 13.0 Å². The van der Waals surface area contributed by atoms with Gasteiger partial charge in [0, 0.05) is 0 Å². The molecule has 1 unspecified atom stereocenters. The van der Waals surface area contributed by atoms with Crippen LogP contribution in [0.2, 0.25) is 0 Å². The molecule has 1 N–H and O–H groups in total. The number of methoxy groups -OCH3 is 1. The van der Waals surface area contributed by atoms with Gasteiger partial charge in [0.25, 0.3) is 0 Å². The summed E-state index contributed by atoms with van der Waals surface area (Å²) in [5.41, 5.74) is 1.65. The van der Waals surface area contributed by atoms with Gasteiger partial charge >= 0.3 is 11.9 Å². The fourth-order valence-electron chi connectivity index (χ4n) is 3.82. The van der Waals surface area contributed by atoms with E-state index in [9.17, 15) is 14.7 Å². The lowest BCUT2D eigenvalue weighted by molar-refractivity contribution is -0.156. The summed E-state index contributed by atoms with van der Waals surface area (Å²) in [5, 5.41) is 10.2. The zero-order chi connectivity index (χ0) is 16.6. The lowest BCUT2D eigenvalue weighted by Gasteiger charge is -2.33. The van der Waals surface area contributed by atoms with Crippen LogP contribution >= 0.6 is 0 Å². The van der Waals surface area contributed by atoms with Crippen molar-refractivity contribution in [3.8, 4) is 11.1 Å². The standard InChI is InChI=1S/C19H18O4/c1-3-14(17(20)23-2)19(18(21)22)15-10-6-4-8-12(15)13-9-5-7-11-16(13)19/h4-11,14H,3H2,1-2H3,(H,21,22). The van der Waals surface area contributed by atoms with Crippen LogP contribution in [0.3, 0.4) is 0 Å². The average Bonchev–Trinajstić information content (AvgIpc) is 2.88. The molecule has 1 aliphatic carbocycles. The predicted octanol–water partition coefficient (Wildman–Crippen LogP) is 3.24. The molecule has 0 aliphatic heterocycles. The third-order valence-electron chi connectivity index (χ3n) is 4.75. The number of carbonyl (C=O) groups is 2. The molecule has 4 heteroatoms. The number of ether oxygens (including phenoxy) is 1. The van der Waals surface area contributed by atoms with E-state index in [2.05, 4.69) is 0 Å². The van der Waals surface area contributed by atoms with E-state index in [1.54, 1.807) is 12.1 Å². The molecular formula is C19H18O4. The maximum absolute atomic E-state index is 12.5. The van der Waals surface area contributed by atoms with Gasteiger partial charge in [0.15, 0.2) is 0 Å². The first kappa shape index (κ1) is 15.3. The molecule has 2 aromatic rings. The minimum atomic E-state index is -1.41. The number of carboxylic acids is 1. The van der Waals surface area contributed by atoms with Gasteiger partial charge in [-0.25, -0.2) is 0 Å². The second-order valence-corrected chi connectivity index (χ2v) is 5.69. The van der Waals surface area contributed by atoms with Crippen LogP contribution in [0.5, 0.6) is 0 Å². The quantitative estimate of drug-likeness (QED) is 0.881. The van der Waals surface area contributed by atoms with E-state index in [-0.39, 0.29) is 0 Å². The van der Waals surface area contributed by atoms with Crippen LogP contribution < -0.4 is 0 Å². The summed E-state index contributed by atoms with van der Waals surface area (Å²) in [4.78, 5) is 24.8. The molecule has 0 fully saturated rings. The Morgan fingerprint density at radius 3 is 1.91 bits per heavy atom. The Morgan fingerprint density at radius 1 is 1.04 bits per heavy atom. The molecule has 3 rings (SSSR count). The molecular weight excluding hydrogens is 292 g/mol. The summed E-state index contributed by atoms with van der Waals surface area (Å²) in [6.07, 6.45) is 0.377. The smallest absolute Gasteiger partial charge is 0.319 e. The fourth-order valence-corrected chi connectivity index (χ4v) is 3.82. The molecule has 1 aliphatic rings. The average molecular weight is 310 g/mol. The van der Waals surface area contributed by atoms with Gasteiger partial charge in [-0.3, -0.25) is 9.59 Å². The Labute approximate surface area is 134 Å². The molecule has 2 aromatic carbocycles. The molecule has 0 radical (unpaired) electrons. The Balaban J connectivity index is 2.41. The van der Waals surface area contributed by atoms with Gasteiger partial charge in [0.1, 0.15) is 5.41 Å². The van der Waals surface area contributed by atoms with E-state index < -0.39 is 23.3 Å². The highest BCUT2D eigenvalue weighted by atomic mass is 16.5. The summed E-state index contributed by atoms with van der Waals surface area (Å²) in [6.45, 7) is 1.82. The van der Waals surface area contributed by atoms with Crippen molar-refractivity contribution in [3.63, 3.8) is 0 Å². The highest BCUT2D eigenvalue weighted by Gasteiger charge is 2.56. The van der Waals surface area contributed by atoms with Gasteiger partial charge in [0.2, 0.25) is 0 Å². The molecule has 0 heterocycles. The van der Waals surface area contributed by atoms with Crippen LogP contribution in [0, 0.1) is 5.92 Å². The van der Waals surface area contributed by atoms with E-state index in [1.807, 2.05) is 43.3 Å². The van der Waals surface area contributed by atoms with Crippen LogP contribution in [-0.2, 0) is 19.7 Å². The topological polar surface area (TPSA) is 63.6 Å². The first-order chi connectivity index (χ1) is 11.1. The summed E-state index contributed by atoms with van der Waals surface area (Å²) in [5.74, 6) is -2.30. The van der Waals surface area contributed by atoms with Gasteiger partial charge < -0.3 is 9.84 Å². The highest BCUT2D eigenvalue weighted by molar-refractivity contribution is 6.01. The number of rotatable bonds is 4. The zero-order valence-electron chi connectivity index (χ0n) is 13.1. The number of hydrogen-bond acceptors (Lipinski definition) is 3. The lowest BCUT2D eigenvalue weighted by atomic mass is 9.67. The molecule has 23 heavy (non-hydrogen) atoms. The van der Waals surface area contributed by atoms with Gasteiger partial charge in [-0.2, -0.15) is 0 Å². The van der Waals surface area contributed by atoms with Crippen molar-refractivity contribution in [2.75, 3.05) is 7.11 Å². The molecule has 0 saturated carbocycles. The molecule has 4 nitrogen and oxygen atoms in total. The van der Waals surface area contributed by atoms with Gasteiger partial charge in [-0.1, -0.05) is 55.5 Å². The number of benzene rings is 2. The third kappa shape index (κ3) is 1.91. The number of hydrogen-bond donors (Lipinski definition) is 1. The normalized spacial score (nSPS) is 15.4. The zero-order valence-corrected chi connectivity index (χ0v) is 13.1. The fraction of sp³-hybridized carbons (Fsp3) is 0.263. The molecule has 118 valence electrons. The molecule has 0 aromatic heterocycles. The van der Waals surface area contributed by atoms with Crippen molar-refractivity contribution in [1.82, 2.24) is 0 Å². The van der Waals surface area contributed by atoms with E-state index in [0.717, 1.165) is 11.1 Å². The minimum absolute atomic E-state index is 0.377.